The summed E-state index contributed by atoms with van der Waals surface area (Å²) in [4.78, 5) is 24.6. The molecule has 6 nitrogen and oxygen atoms in total. The molecule has 12 heteroatoms. The van der Waals surface area contributed by atoms with Crippen molar-refractivity contribution in [1.29, 1.82) is 0 Å². The zero-order valence-electron chi connectivity index (χ0n) is 19.1. The first-order valence-corrected chi connectivity index (χ1v) is 11.0. The highest BCUT2D eigenvalue weighted by Gasteiger charge is 2.38. The third-order valence-electron chi connectivity index (χ3n) is 5.98. The molecule has 1 fully saturated rings. The lowest BCUT2D eigenvalue weighted by atomic mass is 9.87. The second-order valence-electron chi connectivity index (χ2n) is 8.46. The Hall–Kier alpha value is -3.28. The summed E-state index contributed by atoms with van der Waals surface area (Å²) in [7, 11) is 0. The number of carbonyl (C=O) groups excluding carboxylic acids is 1. The Labute approximate surface area is 202 Å². The molecule has 0 saturated carbocycles. The van der Waals surface area contributed by atoms with Crippen molar-refractivity contribution in [2.24, 2.45) is 0 Å². The summed E-state index contributed by atoms with van der Waals surface area (Å²) in [5.41, 5.74) is -2.35. The van der Waals surface area contributed by atoms with E-state index in [4.69, 9.17) is 9.84 Å². The van der Waals surface area contributed by atoms with Crippen LogP contribution < -0.4 is 5.32 Å². The number of carbonyl (C=O) groups is 2. The number of halogens is 6. The molecule has 3 atom stereocenters. The topological polar surface area (TPSA) is 78.9 Å². The van der Waals surface area contributed by atoms with E-state index < -0.39 is 60.2 Å². The quantitative estimate of drug-likeness (QED) is 0.499. The number of benzene rings is 2. The Morgan fingerprint density at radius 1 is 1.06 bits per heavy atom. The normalized spacial score (nSPS) is 19.6. The Morgan fingerprint density at radius 2 is 1.64 bits per heavy atom. The van der Waals surface area contributed by atoms with Gasteiger partial charge in [-0.25, -0.2) is 4.79 Å². The van der Waals surface area contributed by atoms with E-state index in [2.05, 4.69) is 0 Å². The molecular weight excluding hydrogens is 494 g/mol. The lowest BCUT2D eigenvalue weighted by molar-refractivity contribution is -0.143. The SMILES string of the molecule is C[C@@H](O[C@H]1CCN(C(=O)CNC(=O)O)C[C@H]1c1ccccc1)c1cc(C(F)(F)F)cc(C(F)(F)F)c1. The number of ether oxygens (including phenoxy) is 1. The molecule has 1 aliphatic heterocycles. The first-order valence-electron chi connectivity index (χ1n) is 11.0. The maximum Gasteiger partial charge on any atom is 0.416 e. The van der Waals surface area contributed by atoms with Gasteiger partial charge in [0.2, 0.25) is 5.91 Å². The highest BCUT2D eigenvalue weighted by atomic mass is 19.4. The summed E-state index contributed by atoms with van der Waals surface area (Å²) in [6.07, 6.45) is -12.8. The summed E-state index contributed by atoms with van der Waals surface area (Å²) >= 11 is 0. The maximum absolute atomic E-state index is 13.3. The zero-order chi connectivity index (χ0) is 26.7. The lowest BCUT2D eigenvalue weighted by Crippen LogP contribution is -2.48. The second-order valence-corrected chi connectivity index (χ2v) is 8.46. The molecule has 2 amide bonds. The number of hydrogen-bond acceptors (Lipinski definition) is 3. The molecule has 1 aliphatic rings. The number of nitrogens with zero attached hydrogens (tertiary/aromatic N) is 1. The molecule has 0 aromatic heterocycles. The van der Waals surface area contributed by atoms with E-state index in [0.717, 1.165) is 5.56 Å². The van der Waals surface area contributed by atoms with Crippen molar-refractivity contribution in [2.75, 3.05) is 19.6 Å². The van der Waals surface area contributed by atoms with Crippen LogP contribution in [0, 0.1) is 0 Å². The Bertz CT molecular complexity index is 1040. The van der Waals surface area contributed by atoms with E-state index in [9.17, 15) is 35.9 Å². The fourth-order valence-corrected chi connectivity index (χ4v) is 4.16. The molecule has 3 rings (SSSR count). The smallest absolute Gasteiger partial charge is 0.416 e. The van der Waals surface area contributed by atoms with E-state index in [1.807, 2.05) is 5.32 Å². The predicted octanol–water partition coefficient (Wildman–Crippen LogP) is 5.45. The van der Waals surface area contributed by atoms with Crippen LogP contribution in [0.15, 0.2) is 48.5 Å². The minimum absolute atomic E-state index is 0.0677. The molecule has 2 aromatic carbocycles. The Balaban J connectivity index is 1.86. The molecule has 196 valence electrons. The van der Waals surface area contributed by atoms with Crippen molar-refractivity contribution in [3.63, 3.8) is 0 Å². The van der Waals surface area contributed by atoms with Crippen LogP contribution >= 0.6 is 0 Å². The van der Waals surface area contributed by atoms with Gasteiger partial charge in [0.05, 0.1) is 23.3 Å². The molecule has 2 aromatic rings. The van der Waals surface area contributed by atoms with Crippen LogP contribution in [0.4, 0.5) is 31.1 Å². The summed E-state index contributed by atoms with van der Waals surface area (Å²) in [6.45, 7) is 1.27. The minimum atomic E-state index is -4.97. The third-order valence-corrected chi connectivity index (χ3v) is 5.98. The molecule has 0 bridgehead atoms. The van der Waals surface area contributed by atoms with Gasteiger partial charge in [0.1, 0.15) is 6.54 Å². The Morgan fingerprint density at radius 3 is 2.17 bits per heavy atom. The average molecular weight is 518 g/mol. The lowest BCUT2D eigenvalue weighted by Gasteiger charge is -2.40. The van der Waals surface area contributed by atoms with Gasteiger partial charge >= 0.3 is 18.4 Å². The summed E-state index contributed by atoms with van der Waals surface area (Å²) in [5, 5.41) is 10.7. The number of likely N-dealkylation sites (tertiary alicyclic amines) is 1. The molecule has 1 saturated heterocycles. The number of amides is 2. The van der Waals surface area contributed by atoms with Gasteiger partial charge in [0, 0.05) is 19.0 Å². The van der Waals surface area contributed by atoms with Crippen LogP contribution in [0.3, 0.4) is 0 Å². The van der Waals surface area contributed by atoms with Crippen molar-refractivity contribution in [2.45, 2.75) is 43.8 Å². The Kier molecular flexibility index (Phi) is 8.17. The molecule has 1 heterocycles. The van der Waals surface area contributed by atoms with Crippen LogP contribution in [-0.4, -0.2) is 47.7 Å². The number of nitrogens with one attached hydrogen (secondary N) is 1. The minimum Gasteiger partial charge on any atom is -0.465 e. The van der Waals surface area contributed by atoms with Gasteiger partial charge in [-0.3, -0.25) is 4.79 Å². The van der Waals surface area contributed by atoms with E-state index in [1.165, 1.54) is 11.8 Å². The van der Waals surface area contributed by atoms with E-state index in [-0.39, 0.29) is 31.1 Å². The monoisotopic (exact) mass is 518 g/mol. The summed E-state index contributed by atoms with van der Waals surface area (Å²) in [5.74, 6) is -0.901. The van der Waals surface area contributed by atoms with E-state index >= 15 is 0 Å². The van der Waals surface area contributed by atoms with Gasteiger partial charge in [-0.1, -0.05) is 30.3 Å². The van der Waals surface area contributed by atoms with E-state index in [1.54, 1.807) is 30.3 Å². The largest absolute Gasteiger partial charge is 0.465 e. The first-order chi connectivity index (χ1) is 16.8. The van der Waals surface area contributed by atoms with Crippen molar-refractivity contribution in [1.82, 2.24) is 10.2 Å². The van der Waals surface area contributed by atoms with Gasteiger partial charge in [0.25, 0.3) is 0 Å². The van der Waals surface area contributed by atoms with Crippen molar-refractivity contribution >= 4 is 12.0 Å². The molecule has 0 radical (unpaired) electrons. The predicted molar refractivity (Wildman–Crippen MR) is 116 cm³/mol. The fraction of sp³-hybridized carbons (Fsp3) is 0.417. The second kappa shape index (κ2) is 10.8. The van der Waals surface area contributed by atoms with Gasteiger partial charge in [-0.2, -0.15) is 26.3 Å². The van der Waals surface area contributed by atoms with Crippen LogP contribution in [0.25, 0.3) is 0 Å². The van der Waals surface area contributed by atoms with Crippen LogP contribution in [0.2, 0.25) is 0 Å². The highest BCUT2D eigenvalue weighted by Crippen LogP contribution is 2.39. The standard InChI is InChI=1S/C24H24F6N2O4/c1-14(16-9-17(23(25,26)27)11-18(10-16)24(28,29)30)36-20-7-8-32(21(33)12-31-22(34)35)13-19(20)15-5-3-2-4-6-15/h2-6,9-11,14,19-20,31H,7-8,12-13H2,1H3,(H,34,35)/t14-,19+,20+/m1/s1. The first kappa shape index (κ1) is 27.3. The zero-order valence-corrected chi connectivity index (χ0v) is 19.1. The average Bonchev–Trinajstić information content (AvgIpc) is 2.81. The maximum atomic E-state index is 13.3. The molecule has 0 spiro atoms. The van der Waals surface area contributed by atoms with Crippen LogP contribution in [0.1, 0.15) is 47.6 Å². The highest BCUT2D eigenvalue weighted by molar-refractivity contribution is 5.82. The summed E-state index contributed by atoms with van der Waals surface area (Å²) < 4.78 is 85.7. The fourth-order valence-electron chi connectivity index (χ4n) is 4.16. The molecule has 2 N–H and O–H groups in total. The van der Waals surface area contributed by atoms with Crippen molar-refractivity contribution < 1.29 is 45.8 Å². The number of carboxylic acid groups (broad SMARTS) is 1. The van der Waals surface area contributed by atoms with Crippen molar-refractivity contribution in [3.05, 3.63) is 70.8 Å². The van der Waals surface area contributed by atoms with Crippen LogP contribution in [-0.2, 0) is 21.9 Å². The van der Waals surface area contributed by atoms with Gasteiger partial charge in [0.15, 0.2) is 0 Å². The van der Waals surface area contributed by atoms with Crippen molar-refractivity contribution in [3.8, 4) is 0 Å². The number of piperidine rings is 1. The van der Waals surface area contributed by atoms with Crippen LogP contribution in [0.5, 0.6) is 0 Å². The molecule has 0 aliphatic carbocycles. The third kappa shape index (κ3) is 6.90. The van der Waals surface area contributed by atoms with E-state index in [0.29, 0.717) is 12.1 Å². The number of rotatable bonds is 6. The van der Waals surface area contributed by atoms with Gasteiger partial charge < -0.3 is 20.1 Å². The summed E-state index contributed by atoms with van der Waals surface area (Å²) in [6, 6.07) is 10.2. The number of alkyl halides is 6. The molecule has 0 unspecified atom stereocenters. The number of hydrogen-bond donors (Lipinski definition) is 2. The van der Waals surface area contributed by atoms with Gasteiger partial charge in [-0.15, -0.1) is 0 Å². The molecular formula is C24H24F6N2O4. The molecule has 36 heavy (non-hydrogen) atoms. The van der Waals surface area contributed by atoms with Gasteiger partial charge in [-0.05, 0) is 42.7 Å².